The minimum absolute atomic E-state index is 0.00576. The van der Waals surface area contributed by atoms with E-state index in [1.165, 1.54) is 20.1 Å². The Morgan fingerprint density at radius 2 is 1.55 bits per heavy atom. The summed E-state index contributed by atoms with van der Waals surface area (Å²) in [6.07, 6.45) is 4.16. The molecule has 10 heteroatoms. The number of nitrogens with one attached hydrogen (secondary N) is 2. The normalized spacial score (nSPS) is 14.4. The number of ketones is 1. The minimum atomic E-state index is -4.58. The van der Waals surface area contributed by atoms with Crippen LogP contribution in [-0.2, 0) is 40.4 Å². The molecule has 0 heterocycles. The predicted molar refractivity (Wildman–Crippen MR) is 118 cm³/mol. The Hall–Kier alpha value is -3.27. The molecule has 0 atom stereocenters. The van der Waals surface area contributed by atoms with E-state index < -0.39 is 38.5 Å². The number of sulfonamides is 1. The molecule has 2 aromatic rings. The Morgan fingerprint density at radius 3 is 2.09 bits per heavy atom. The number of halogens is 1. The number of carbonyl (C=O) groups is 3. The van der Waals surface area contributed by atoms with Crippen molar-refractivity contribution in [1.29, 1.82) is 0 Å². The number of fused-ring (bicyclic) bond motifs is 2. The highest BCUT2D eigenvalue weighted by molar-refractivity contribution is 7.90. The van der Waals surface area contributed by atoms with Crippen LogP contribution in [-0.4, -0.2) is 33.3 Å². The van der Waals surface area contributed by atoms with E-state index in [-0.39, 0.29) is 5.56 Å². The molecule has 8 nitrogen and oxygen atoms in total. The van der Waals surface area contributed by atoms with Gasteiger partial charge in [0.2, 0.25) is 0 Å². The number of amides is 2. The van der Waals surface area contributed by atoms with E-state index in [4.69, 9.17) is 4.74 Å². The van der Waals surface area contributed by atoms with Crippen LogP contribution in [0.3, 0.4) is 0 Å². The third-order valence-corrected chi connectivity index (χ3v) is 7.47. The van der Waals surface area contributed by atoms with Gasteiger partial charge < -0.3 is 10.1 Å². The summed E-state index contributed by atoms with van der Waals surface area (Å²) in [5.74, 6) is -1.93. The van der Waals surface area contributed by atoms with Crippen molar-refractivity contribution in [2.24, 2.45) is 0 Å². The maximum absolute atomic E-state index is 14.2. The lowest BCUT2D eigenvalue weighted by Crippen LogP contribution is -2.35. The lowest BCUT2D eigenvalue weighted by molar-refractivity contribution is 0.0598. The average molecular weight is 475 g/mol. The standard InChI is InChI=1S/C23H23FN2O6S/c1-12(27)13-9-10-18(24)19(11-13)33(30,31)26-23(29)25-21-16-7-3-5-14(16)20(22(28)32-2)15-6-4-8-17(15)21/h9-11H,3-8H2,1-2H3,(H2,25,26,29). The molecule has 0 spiro atoms. The van der Waals surface area contributed by atoms with Crippen molar-refractivity contribution >= 4 is 33.5 Å². The van der Waals surface area contributed by atoms with Crippen LogP contribution in [0.4, 0.5) is 14.9 Å². The molecule has 0 unspecified atom stereocenters. The fourth-order valence-electron chi connectivity index (χ4n) is 4.70. The van der Waals surface area contributed by atoms with Crippen molar-refractivity contribution < 1.29 is 31.9 Å². The van der Waals surface area contributed by atoms with Crippen LogP contribution in [0.5, 0.6) is 0 Å². The molecule has 4 rings (SSSR count). The number of methoxy groups -OCH3 is 1. The van der Waals surface area contributed by atoms with E-state index in [1.807, 2.05) is 4.72 Å². The van der Waals surface area contributed by atoms with Crippen molar-refractivity contribution in [3.05, 3.63) is 57.4 Å². The topological polar surface area (TPSA) is 119 Å². The van der Waals surface area contributed by atoms with Crippen LogP contribution in [0.25, 0.3) is 0 Å². The van der Waals surface area contributed by atoms with Gasteiger partial charge in [0.25, 0.3) is 10.0 Å². The Morgan fingerprint density at radius 1 is 0.970 bits per heavy atom. The molecule has 0 saturated carbocycles. The number of urea groups is 1. The number of esters is 1. The fourth-order valence-corrected chi connectivity index (χ4v) is 5.71. The fraction of sp³-hybridized carbons (Fsp3) is 0.348. The van der Waals surface area contributed by atoms with Gasteiger partial charge in [0.15, 0.2) is 5.78 Å². The second-order valence-corrected chi connectivity index (χ2v) is 9.77. The highest BCUT2D eigenvalue weighted by Gasteiger charge is 2.33. The Kier molecular flexibility index (Phi) is 5.96. The monoisotopic (exact) mass is 474 g/mol. The number of benzene rings is 2. The largest absolute Gasteiger partial charge is 0.465 e. The summed E-state index contributed by atoms with van der Waals surface area (Å²) >= 11 is 0. The van der Waals surface area contributed by atoms with Gasteiger partial charge in [0, 0.05) is 11.3 Å². The third-order valence-electron chi connectivity index (χ3n) is 6.13. The quantitative estimate of drug-likeness (QED) is 0.507. The van der Waals surface area contributed by atoms with Crippen LogP contribution in [0, 0.1) is 5.82 Å². The van der Waals surface area contributed by atoms with Crippen molar-refractivity contribution in [2.75, 3.05) is 12.4 Å². The number of Topliss-reactive ketones (excluding diaryl/α,β-unsaturated/α-hetero) is 1. The molecule has 2 N–H and O–H groups in total. The van der Waals surface area contributed by atoms with Gasteiger partial charge >= 0.3 is 12.0 Å². The average Bonchev–Trinajstić information content (AvgIpc) is 3.42. The van der Waals surface area contributed by atoms with Crippen LogP contribution in [0.2, 0.25) is 0 Å². The SMILES string of the molecule is COC(=O)c1c2c(c(NC(=O)NS(=O)(=O)c3cc(C(C)=O)ccc3F)c3c1CCC3)CCC2. The molecule has 0 aliphatic heterocycles. The van der Waals surface area contributed by atoms with Crippen LogP contribution >= 0.6 is 0 Å². The highest BCUT2D eigenvalue weighted by atomic mass is 32.2. The first-order valence-corrected chi connectivity index (χ1v) is 12.0. The molecule has 2 amide bonds. The molecule has 0 aromatic heterocycles. The second-order valence-electron chi connectivity index (χ2n) is 8.12. The van der Waals surface area contributed by atoms with E-state index in [2.05, 4.69) is 5.32 Å². The smallest absolute Gasteiger partial charge is 0.338 e. The molecule has 0 bridgehead atoms. The molecule has 2 aromatic carbocycles. The van der Waals surface area contributed by atoms with Gasteiger partial charge in [-0.25, -0.2) is 27.1 Å². The second kappa shape index (κ2) is 8.58. The molecular weight excluding hydrogens is 451 g/mol. The van der Waals surface area contributed by atoms with E-state index >= 15 is 0 Å². The van der Waals surface area contributed by atoms with Crippen molar-refractivity contribution in [2.45, 2.75) is 50.3 Å². The van der Waals surface area contributed by atoms with Gasteiger partial charge in [-0.1, -0.05) is 0 Å². The number of anilines is 1. The summed E-state index contributed by atoms with van der Waals surface area (Å²) in [5, 5.41) is 2.64. The summed E-state index contributed by atoms with van der Waals surface area (Å²) in [6.45, 7) is 1.23. The zero-order valence-corrected chi connectivity index (χ0v) is 19.0. The lowest BCUT2D eigenvalue weighted by atomic mass is 9.92. The number of ether oxygens (including phenoxy) is 1. The summed E-state index contributed by atoms with van der Waals surface area (Å²) in [4.78, 5) is 36.0. The summed E-state index contributed by atoms with van der Waals surface area (Å²) in [5.41, 5.74) is 4.31. The number of hydrogen-bond acceptors (Lipinski definition) is 6. The molecule has 2 aliphatic rings. The Labute approximate surface area is 190 Å². The maximum atomic E-state index is 14.2. The maximum Gasteiger partial charge on any atom is 0.338 e. The zero-order chi connectivity index (χ0) is 23.9. The molecule has 2 aliphatic carbocycles. The summed E-state index contributed by atoms with van der Waals surface area (Å²) in [6, 6.07) is 1.89. The van der Waals surface area contributed by atoms with E-state index in [0.29, 0.717) is 36.9 Å². The first kappa shape index (κ1) is 22.9. The third kappa shape index (κ3) is 4.10. The van der Waals surface area contributed by atoms with E-state index in [1.54, 1.807) is 0 Å². The van der Waals surface area contributed by atoms with Gasteiger partial charge in [0.1, 0.15) is 10.7 Å². The number of hydrogen-bond donors (Lipinski definition) is 2. The van der Waals surface area contributed by atoms with Gasteiger partial charge in [-0.15, -0.1) is 0 Å². The predicted octanol–water partition coefficient (Wildman–Crippen LogP) is 3.30. The number of rotatable bonds is 5. The Bertz CT molecular complexity index is 1270. The summed E-state index contributed by atoms with van der Waals surface area (Å²) < 4.78 is 46.4. The van der Waals surface area contributed by atoms with Crippen molar-refractivity contribution in [3.63, 3.8) is 0 Å². The molecular formula is C23H23FN2O6S. The minimum Gasteiger partial charge on any atom is -0.465 e. The molecule has 33 heavy (non-hydrogen) atoms. The van der Waals surface area contributed by atoms with E-state index in [9.17, 15) is 27.2 Å². The van der Waals surface area contributed by atoms with E-state index in [0.717, 1.165) is 47.2 Å². The zero-order valence-electron chi connectivity index (χ0n) is 18.2. The molecule has 0 fully saturated rings. The van der Waals surface area contributed by atoms with Crippen LogP contribution < -0.4 is 10.0 Å². The summed E-state index contributed by atoms with van der Waals surface area (Å²) in [7, 11) is -3.25. The van der Waals surface area contributed by atoms with Gasteiger partial charge in [-0.05, 0) is 85.9 Å². The number of carbonyl (C=O) groups excluding carboxylic acids is 3. The first-order chi connectivity index (χ1) is 15.6. The first-order valence-electron chi connectivity index (χ1n) is 10.6. The van der Waals surface area contributed by atoms with Crippen molar-refractivity contribution in [1.82, 2.24) is 4.72 Å². The Balaban J connectivity index is 1.68. The van der Waals surface area contributed by atoms with Crippen LogP contribution in [0.15, 0.2) is 23.1 Å². The van der Waals surface area contributed by atoms with Gasteiger partial charge in [-0.3, -0.25) is 4.79 Å². The van der Waals surface area contributed by atoms with Gasteiger partial charge in [0.05, 0.1) is 12.7 Å². The van der Waals surface area contributed by atoms with Crippen LogP contribution in [0.1, 0.15) is 62.7 Å². The van der Waals surface area contributed by atoms with Gasteiger partial charge in [-0.2, -0.15) is 0 Å². The highest BCUT2D eigenvalue weighted by Crippen LogP contribution is 2.42. The van der Waals surface area contributed by atoms with Crippen molar-refractivity contribution in [3.8, 4) is 0 Å². The molecule has 0 saturated heterocycles. The molecule has 174 valence electrons. The lowest BCUT2D eigenvalue weighted by Gasteiger charge is -2.19. The molecule has 0 radical (unpaired) electrons.